The number of phenolic OH excluding ortho intramolecular Hbond substituents is 2. The number of aromatic hydroxyl groups is 2. The number of hydrogen-bond acceptors (Lipinski definition) is 9. The number of thiophene rings is 1. The minimum absolute atomic E-state index is 0.0685. The summed E-state index contributed by atoms with van der Waals surface area (Å²) in [6.07, 6.45) is 3.34. The number of likely N-dealkylation sites (tertiary alicyclic amines) is 1. The molecule has 6 heterocycles. The van der Waals surface area contributed by atoms with Gasteiger partial charge in [0, 0.05) is 47.6 Å². The van der Waals surface area contributed by atoms with Gasteiger partial charge in [-0.25, -0.2) is 4.79 Å². The summed E-state index contributed by atoms with van der Waals surface area (Å²) in [6, 6.07) is 2.68. The lowest BCUT2D eigenvalue weighted by Crippen LogP contribution is -2.34. The second kappa shape index (κ2) is 10.1. The molecule has 2 fully saturated rings. The minimum atomic E-state index is -0.713. The first-order valence-electron chi connectivity index (χ1n) is 16.9. The molecule has 1 saturated heterocycles. The Hall–Kier alpha value is -5.96. The van der Waals surface area contributed by atoms with Crippen LogP contribution in [0.1, 0.15) is 59.3 Å². The van der Waals surface area contributed by atoms with Gasteiger partial charge in [-0.15, -0.1) is 11.3 Å². The molecule has 1 saturated carbocycles. The number of primary amides is 1. The smallest absolute Gasteiger partial charge is 0.319 e. The lowest BCUT2D eigenvalue weighted by molar-refractivity contribution is 0.0806. The summed E-state index contributed by atoms with van der Waals surface area (Å²) in [5.41, 5.74) is 11.3. The molecule has 264 valence electrons. The second-order valence-corrected chi connectivity index (χ2v) is 15.0. The number of carbonyl (C=O) groups excluding carboxylic acids is 4. The molecule has 5 aliphatic rings. The predicted molar refractivity (Wildman–Crippen MR) is 191 cm³/mol. The van der Waals surface area contributed by atoms with Crippen LogP contribution in [0.15, 0.2) is 29.3 Å². The van der Waals surface area contributed by atoms with Crippen molar-refractivity contribution >= 4 is 68.1 Å². The van der Waals surface area contributed by atoms with E-state index >= 15 is 0 Å². The molecule has 1 spiro atoms. The number of benzene rings is 2. The van der Waals surface area contributed by atoms with Crippen molar-refractivity contribution < 1.29 is 38.9 Å². The van der Waals surface area contributed by atoms with E-state index < -0.39 is 11.9 Å². The fraction of sp³-hybridized carbons (Fsp3) is 0.297. The number of aromatic amines is 2. The number of hydrogen-bond donors (Lipinski definition) is 5. The van der Waals surface area contributed by atoms with Crippen LogP contribution in [0.2, 0.25) is 0 Å². The number of aryl methyl sites for hydroxylation is 1. The number of ketones is 1. The summed E-state index contributed by atoms with van der Waals surface area (Å²) < 4.78 is 11.2. The van der Waals surface area contributed by atoms with E-state index in [2.05, 4.69) is 9.97 Å². The van der Waals surface area contributed by atoms with Crippen molar-refractivity contribution in [1.29, 1.82) is 0 Å². The number of phenols is 2. The van der Waals surface area contributed by atoms with Crippen LogP contribution in [-0.2, 0) is 18.3 Å². The highest BCUT2D eigenvalue weighted by molar-refractivity contribution is 7.12. The Kier molecular flexibility index (Phi) is 5.98. The van der Waals surface area contributed by atoms with Crippen LogP contribution in [0.4, 0.5) is 16.2 Å². The van der Waals surface area contributed by atoms with E-state index in [4.69, 9.17) is 15.2 Å². The molecular formula is C37H32N6O8S. The van der Waals surface area contributed by atoms with Crippen molar-refractivity contribution in [2.24, 2.45) is 11.7 Å². The highest BCUT2D eigenvalue weighted by Crippen LogP contribution is 2.68. The van der Waals surface area contributed by atoms with Crippen LogP contribution in [0, 0.1) is 12.8 Å². The number of allylic oxidation sites excluding steroid dienone is 2. The van der Waals surface area contributed by atoms with Crippen LogP contribution in [-0.4, -0.2) is 82.6 Å². The molecule has 4 amide bonds. The fourth-order valence-electron chi connectivity index (χ4n) is 9.46. The highest BCUT2D eigenvalue weighted by Gasteiger charge is 2.68. The van der Waals surface area contributed by atoms with Crippen LogP contribution in [0.5, 0.6) is 23.0 Å². The summed E-state index contributed by atoms with van der Waals surface area (Å²) in [7, 11) is 2.79. The zero-order valence-corrected chi connectivity index (χ0v) is 29.1. The number of piperidine rings is 1. The van der Waals surface area contributed by atoms with Gasteiger partial charge in [-0.2, -0.15) is 0 Å². The van der Waals surface area contributed by atoms with Gasteiger partial charge in [-0.05, 0) is 71.9 Å². The molecule has 10 rings (SSSR count). The van der Waals surface area contributed by atoms with E-state index in [1.807, 2.05) is 12.3 Å². The average Bonchev–Trinajstić information content (AvgIpc) is 3.85. The molecule has 52 heavy (non-hydrogen) atoms. The van der Waals surface area contributed by atoms with Crippen molar-refractivity contribution in [1.82, 2.24) is 14.9 Å². The maximum atomic E-state index is 14.3. The molecule has 15 heteroatoms. The predicted octanol–water partition coefficient (Wildman–Crippen LogP) is 4.59. The van der Waals surface area contributed by atoms with Gasteiger partial charge in [0.05, 0.1) is 41.5 Å². The van der Waals surface area contributed by atoms with Gasteiger partial charge in [0.15, 0.2) is 28.8 Å². The number of nitrogens with two attached hydrogens (primary N) is 1. The molecule has 14 nitrogen and oxygen atoms in total. The van der Waals surface area contributed by atoms with Crippen LogP contribution in [0.25, 0.3) is 21.8 Å². The molecule has 3 aliphatic heterocycles. The zero-order valence-electron chi connectivity index (χ0n) is 28.3. The quantitative estimate of drug-likeness (QED) is 0.178. The molecule has 5 aromatic rings. The van der Waals surface area contributed by atoms with Gasteiger partial charge in [-0.3, -0.25) is 19.3 Å². The summed E-state index contributed by atoms with van der Waals surface area (Å²) >= 11 is 1.47. The summed E-state index contributed by atoms with van der Waals surface area (Å²) in [5.74, 6) is -0.906. The van der Waals surface area contributed by atoms with E-state index in [9.17, 15) is 29.4 Å². The number of methoxy groups -OCH3 is 2. The number of urea groups is 1. The Morgan fingerprint density at radius 3 is 2.04 bits per heavy atom. The number of anilines is 2. The topological polar surface area (TPSA) is 195 Å². The monoisotopic (exact) mass is 720 g/mol. The highest BCUT2D eigenvalue weighted by atomic mass is 32.1. The van der Waals surface area contributed by atoms with E-state index in [1.54, 1.807) is 23.1 Å². The third kappa shape index (κ3) is 3.62. The van der Waals surface area contributed by atoms with E-state index in [0.29, 0.717) is 52.3 Å². The van der Waals surface area contributed by atoms with Crippen molar-refractivity contribution in [3.05, 3.63) is 67.8 Å². The lowest BCUT2D eigenvalue weighted by atomic mass is 9.84. The van der Waals surface area contributed by atoms with Gasteiger partial charge >= 0.3 is 6.03 Å². The first-order valence-corrected chi connectivity index (χ1v) is 17.8. The average molecular weight is 721 g/mol. The second-order valence-electron chi connectivity index (χ2n) is 14.1. The Labute approximate surface area is 299 Å². The van der Waals surface area contributed by atoms with Crippen LogP contribution >= 0.6 is 11.3 Å². The third-order valence-electron chi connectivity index (χ3n) is 11.7. The largest absolute Gasteiger partial charge is 0.503 e. The molecule has 6 N–H and O–H groups in total. The Morgan fingerprint density at radius 2 is 1.46 bits per heavy atom. The van der Waals surface area contributed by atoms with E-state index in [-0.39, 0.29) is 81.9 Å². The first-order chi connectivity index (χ1) is 25.0. The van der Waals surface area contributed by atoms with Crippen LogP contribution in [0.3, 0.4) is 0 Å². The number of ether oxygens (including phenoxy) is 2. The Bertz CT molecular complexity index is 2580. The normalized spacial score (nSPS) is 20.9. The number of nitrogens with zero attached hydrogens (tertiary/aromatic N) is 3. The molecule has 0 radical (unpaired) electrons. The molecule has 0 bridgehead atoms. The molecule has 2 aliphatic carbocycles. The zero-order chi connectivity index (χ0) is 36.1. The fourth-order valence-corrected chi connectivity index (χ4v) is 10.5. The third-order valence-corrected chi connectivity index (χ3v) is 12.8. The number of carbonyl (C=O) groups is 4. The minimum Gasteiger partial charge on any atom is -0.503 e. The van der Waals surface area contributed by atoms with Crippen molar-refractivity contribution in [2.75, 3.05) is 43.7 Å². The van der Waals surface area contributed by atoms with Gasteiger partial charge in [-0.1, -0.05) is 0 Å². The standard InChI is InChI=1S/C37H32N6O8S/c1-14-13-52-33-22(44)10-23-37(24(14)33)11-15(37)12-43(23)35(48)21-9-18-16-4-6-41(27(16)29(45)31(50-2)25(18)40-21)34(47)20-8-19-17-5-7-42(36(38)49)28(17)30(46)32(51-3)26(19)39-20/h8-10,13,15,39-40,45-46H,4-7,11-12H2,1-3H3,(H2,38,49). The summed E-state index contributed by atoms with van der Waals surface area (Å²) in [5, 5.41) is 25.9. The van der Waals surface area contributed by atoms with Crippen molar-refractivity contribution in [2.45, 2.75) is 31.6 Å². The summed E-state index contributed by atoms with van der Waals surface area (Å²) in [4.78, 5) is 65.3. The SMILES string of the molecule is COc1c(O)c2c(c3cc(C(=O)N4CCc5c4c(O)c(OC)c4[nH]c(C(=O)N6CC7CC78C6=CC(=O)c6scc(C)c68)cc54)[nH]c13)CCN2C(N)=O. The molecule has 2 unspecified atom stereocenters. The van der Waals surface area contributed by atoms with E-state index in [0.717, 1.165) is 28.1 Å². The van der Waals surface area contributed by atoms with E-state index in [1.165, 1.54) is 35.4 Å². The number of amides is 4. The molecular weight excluding hydrogens is 689 g/mol. The number of H-pyrrole nitrogens is 2. The van der Waals surface area contributed by atoms with Gasteiger partial charge in [0.1, 0.15) is 11.4 Å². The summed E-state index contributed by atoms with van der Waals surface area (Å²) in [6.45, 7) is 3.03. The van der Waals surface area contributed by atoms with Gasteiger partial charge in [0.25, 0.3) is 11.8 Å². The number of aromatic nitrogens is 2. The van der Waals surface area contributed by atoms with Crippen LogP contribution < -0.4 is 25.0 Å². The van der Waals surface area contributed by atoms with Crippen molar-refractivity contribution in [3.63, 3.8) is 0 Å². The molecule has 2 aromatic carbocycles. The number of rotatable bonds is 4. The lowest BCUT2D eigenvalue weighted by Gasteiger charge is -2.28. The maximum absolute atomic E-state index is 14.3. The molecule has 2 atom stereocenters. The molecule has 3 aromatic heterocycles. The Balaban J connectivity index is 1.03. The number of nitrogens with one attached hydrogen (secondary N) is 2. The van der Waals surface area contributed by atoms with Gasteiger partial charge < -0.3 is 45.2 Å². The Morgan fingerprint density at radius 1 is 0.904 bits per heavy atom. The maximum Gasteiger partial charge on any atom is 0.319 e. The first kappa shape index (κ1) is 30.8. The number of fused-ring (bicyclic) bond motifs is 7. The van der Waals surface area contributed by atoms with Gasteiger partial charge in [0.2, 0.25) is 0 Å². The van der Waals surface area contributed by atoms with Crippen molar-refractivity contribution in [3.8, 4) is 23.0 Å².